The van der Waals surface area contributed by atoms with Crippen LogP contribution >= 0.6 is 12.4 Å². The Morgan fingerprint density at radius 3 is 2.22 bits per heavy atom. The summed E-state index contributed by atoms with van der Waals surface area (Å²) >= 11 is 0. The first-order valence-corrected chi connectivity index (χ1v) is 6.73. The van der Waals surface area contributed by atoms with Crippen LogP contribution in [0.3, 0.4) is 0 Å². The molecule has 3 aromatic rings. The number of amides is 1. The molecule has 3 rings (SSSR count). The summed E-state index contributed by atoms with van der Waals surface area (Å²) in [4.78, 5) is 15.6. The Kier molecular flexibility index (Phi) is 5.66. The summed E-state index contributed by atoms with van der Waals surface area (Å²) in [6.07, 6.45) is 2.58. The van der Waals surface area contributed by atoms with Gasteiger partial charge in [-0.25, -0.2) is 9.48 Å². The number of rotatable bonds is 2. The van der Waals surface area contributed by atoms with Crippen molar-refractivity contribution in [2.45, 2.75) is 0 Å². The molecule has 0 N–H and O–H groups in total. The van der Waals surface area contributed by atoms with Crippen LogP contribution in [-0.4, -0.2) is 15.9 Å². The molecule has 2 aromatic carbocycles. The van der Waals surface area contributed by atoms with Gasteiger partial charge < -0.3 is 4.74 Å². The van der Waals surface area contributed by atoms with E-state index in [1.54, 1.807) is 41.2 Å². The maximum atomic E-state index is 11.7. The standard InChI is InChI=1S/C17H13N3O2.ClH/c21-17(22-16-9-5-2-6-10-16)19-14-11-12-20(18-13-14)15-7-3-1-4-8-15;/h1-13H;1H. The lowest BCUT2D eigenvalue weighted by atomic mass is 10.3. The minimum Gasteiger partial charge on any atom is -0.409 e. The number of benzene rings is 2. The molecule has 1 aromatic heterocycles. The summed E-state index contributed by atoms with van der Waals surface area (Å²) in [5.41, 5.74) is 0.931. The fourth-order valence-corrected chi connectivity index (χ4v) is 1.87. The highest BCUT2D eigenvalue weighted by atomic mass is 35.5. The quantitative estimate of drug-likeness (QED) is 0.725. The van der Waals surface area contributed by atoms with E-state index in [9.17, 15) is 4.79 Å². The second kappa shape index (κ2) is 7.91. The second-order valence-electron chi connectivity index (χ2n) is 4.46. The fraction of sp³-hybridized carbons (Fsp3) is 0. The number of hydrogen-bond donors (Lipinski definition) is 0. The monoisotopic (exact) mass is 327 g/mol. The number of ether oxygens (including phenoxy) is 1. The Balaban J connectivity index is 0.00000192. The molecule has 6 heteroatoms. The molecule has 0 saturated heterocycles. The zero-order chi connectivity index (χ0) is 15.2. The van der Waals surface area contributed by atoms with Gasteiger partial charge in [0.25, 0.3) is 0 Å². The van der Waals surface area contributed by atoms with Gasteiger partial charge in [-0.15, -0.1) is 12.4 Å². The number of aromatic nitrogens is 2. The van der Waals surface area contributed by atoms with Gasteiger partial charge in [-0.05, 0) is 30.3 Å². The minimum atomic E-state index is -0.675. The molecular weight excluding hydrogens is 314 g/mol. The molecule has 0 radical (unpaired) electrons. The molecule has 0 spiro atoms. The predicted octanol–water partition coefficient (Wildman–Crippen LogP) is 3.39. The molecule has 116 valence electrons. The van der Waals surface area contributed by atoms with Crippen molar-refractivity contribution >= 4 is 18.5 Å². The van der Waals surface area contributed by atoms with Crippen LogP contribution in [0.5, 0.6) is 5.75 Å². The minimum absolute atomic E-state index is 0. The molecule has 5 nitrogen and oxygen atoms in total. The number of para-hydroxylation sites is 2. The summed E-state index contributed by atoms with van der Waals surface area (Å²) in [6.45, 7) is 0. The lowest BCUT2D eigenvalue weighted by molar-refractivity contribution is 0.210. The number of carbonyl (C=O) groups is 1. The lowest BCUT2D eigenvalue weighted by Gasteiger charge is -2.03. The van der Waals surface area contributed by atoms with Crippen LogP contribution in [-0.2, 0) is 0 Å². The summed E-state index contributed by atoms with van der Waals surface area (Å²) < 4.78 is 6.79. The van der Waals surface area contributed by atoms with Crippen molar-refractivity contribution < 1.29 is 9.53 Å². The third kappa shape index (κ3) is 4.52. The molecule has 23 heavy (non-hydrogen) atoms. The van der Waals surface area contributed by atoms with Gasteiger partial charge in [-0.1, -0.05) is 36.4 Å². The molecule has 0 aliphatic rings. The van der Waals surface area contributed by atoms with Crippen molar-refractivity contribution in [3.8, 4) is 11.4 Å². The van der Waals surface area contributed by atoms with E-state index >= 15 is 0 Å². The molecular formula is C17H14ClN3O2. The Bertz CT molecular complexity index is 813. The molecule has 0 aliphatic heterocycles. The molecule has 1 amide bonds. The van der Waals surface area contributed by atoms with Crippen molar-refractivity contribution in [2.24, 2.45) is 4.99 Å². The predicted molar refractivity (Wildman–Crippen MR) is 88.8 cm³/mol. The highest BCUT2D eigenvalue weighted by Crippen LogP contribution is 2.08. The highest BCUT2D eigenvalue weighted by molar-refractivity contribution is 5.85. The van der Waals surface area contributed by atoms with E-state index in [0.29, 0.717) is 11.1 Å². The summed E-state index contributed by atoms with van der Waals surface area (Å²) in [5, 5.41) is 4.66. The van der Waals surface area contributed by atoms with E-state index in [1.165, 1.54) is 6.20 Å². The fourth-order valence-electron chi connectivity index (χ4n) is 1.87. The van der Waals surface area contributed by atoms with E-state index < -0.39 is 6.09 Å². The summed E-state index contributed by atoms with van der Waals surface area (Å²) in [6, 6.07) is 20.2. The Morgan fingerprint density at radius 1 is 0.957 bits per heavy atom. The molecule has 0 fully saturated rings. The molecule has 0 atom stereocenters. The van der Waals surface area contributed by atoms with Gasteiger partial charge in [0.2, 0.25) is 0 Å². The van der Waals surface area contributed by atoms with Crippen molar-refractivity contribution in [1.82, 2.24) is 9.78 Å². The molecule has 0 unspecified atom stereocenters. The first kappa shape index (κ1) is 16.5. The Hall–Kier alpha value is -2.92. The molecule has 1 heterocycles. The van der Waals surface area contributed by atoms with E-state index in [-0.39, 0.29) is 12.4 Å². The van der Waals surface area contributed by atoms with Crippen molar-refractivity contribution in [3.63, 3.8) is 0 Å². The normalized spacial score (nSPS) is 10.7. The molecule has 0 bridgehead atoms. The van der Waals surface area contributed by atoms with Crippen LogP contribution in [0.15, 0.2) is 84.1 Å². The second-order valence-corrected chi connectivity index (χ2v) is 4.46. The third-order valence-electron chi connectivity index (χ3n) is 2.89. The van der Waals surface area contributed by atoms with Crippen molar-refractivity contribution in [3.05, 3.63) is 84.5 Å². The number of nitrogens with zero attached hydrogens (tertiary/aromatic N) is 3. The molecule has 0 saturated carbocycles. The van der Waals surface area contributed by atoms with Crippen molar-refractivity contribution in [2.75, 3.05) is 0 Å². The van der Waals surface area contributed by atoms with E-state index in [4.69, 9.17) is 4.74 Å². The van der Waals surface area contributed by atoms with E-state index in [0.717, 1.165) is 5.69 Å². The van der Waals surface area contributed by atoms with Crippen LogP contribution in [0.4, 0.5) is 4.79 Å². The first-order chi connectivity index (χ1) is 10.8. The van der Waals surface area contributed by atoms with Crippen LogP contribution < -0.4 is 10.1 Å². The summed E-state index contributed by atoms with van der Waals surface area (Å²) in [7, 11) is 0. The van der Waals surface area contributed by atoms with E-state index in [2.05, 4.69) is 10.1 Å². The van der Waals surface area contributed by atoms with Crippen molar-refractivity contribution in [1.29, 1.82) is 0 Å². The maximum Gasteiger partial charge on any atom is 0.439 e. The Labute approximate surface area is 139 Å². The highest BCUT2D eigenvalue weighted by Gasteiger charge is 2.01. The van der Waals surface area contributed by atoms with Gasteiger partial charge in [0.1, 0.15) is 5.75 Å². The van der Waals surface area contributed by atoms with Gasteiger partial charge in [-0.3, -0.25) is 0 Å². The van der Waals surface area contributed by atoms with Gasteiger partial charge in [0.05, 0.1) is 17.2 Å². The van der Waals surface area contributed by atoms with Crippen LogP contribution in [0, 0.1) is 0 Å². The smallest absolute Gasteiger partial charge is 0.409 e. The lowest BCUT2D eigenvalue weighted by Crippen LogP contribution is -2.13. The average molecular weight is 328 g/mol. The first-order valence-electron chi connectivity index (χ1n) is 6.73. The zero-order valence-corrected chi connectivity index (χ0v) is 12.9. The largest absolute Gasteiger partial charge is 0.439 e. The zero-order valence-electron chi connectivity index (χ0n) is 12.1. The van der Waals surface area contributed by atoms with Gasteiger partial charge in [-0.2, -0.15) is 10.1 Å². The third-order valence-corrected chi connectivity index (χ3v) is 2.89. The van der Waals surface area contributed by atoms with Gasteiger partial charge >= 0.3 is 6.09 Å². The van der Waals surface area contributed by atoms with E-state index in [1.807, 2.05) is 36.4 Å². The maximum absolute atomic E-state index is 11.7. The molecule has 0 aliphatic carbocycles. The Morgan fingerprint density at radius 2 is 1.61 bits per heavy atom. The summed E-state index contributed by atoms with van der Waals surface area (Å²) in [5.74, 6) is 0.458. The van der Waals surface area contributed by atoms with Crippen LogP contribution in [0.2, 0.25) is 0 Å². The number of hydrogen-bond acceptors (Lipinski definition) is 3. The number of carbonyl (C=O) groups excluding carboxylic acids is 1. The topological polar surface area (TPSA) is 56.5 Å². The SMILES string of the molecule is Cl.O=C(N=c1ccn(-c2ccccc2)nc1)Oc1ccccc1. The van der Waals surface area contributed by atoms with Gasteiger partial charge in [0.15, 0.2) is 0 Å². The van der Waals surface area contributed by atoms with Crippen LogP contribution in [0.1, 0.15) is 0 Å². The van der Waals surface area contributed by atoms with Gasteiger partial charge in [0, 0.05) is 6.20 Å². The van der Waals surface area contributed by atoms with Crippen LogP contribution in [0.25, 0.3) is 5.69 Å². The average Bonchev–Trinajstić information content (AvgIpc) is 2.57. The number of halogens is 1.